The van der Waals surface area contributed by atoms with Crippen molar-refractivity contribution in [3.8, 4) is 5.75 Å². The summed E-state index contributed by atoms with van der Waals surface area (Å²) in [5, 5.41) is 17.5. The Morgan fingerprint density at radius 2 is 1.69 bits per heavy atom. The van der Waals surface area contributed by atoms with E-state index in [9.17, 15) is 5.11 Å². The summed E-state index contributed by atoms with van der Waals surface area (Å²) in [7, 11) is 0. The van der Waals surface area contributed by atoms with Gasteiger partial charge in [-0.3, -0.25) is 0 Å². The highest BCUT2D eigenvalue weighted by Crippen LogP contribution is 2.24. The van der Waals surface area contributed by atoms with E-state index in [1.807, 2.05) is 37.3 Å². The monoisotopic (exact) mass is 212 g/mol. The first-order valence-electron chi connectivity index (χ1n) is 5.02. The number of nitrogens with zero attached hydrogens (tertiary/aromatic N) is 2. The van der Waals surface area contributed by atoms with Crippen molar-refractivity contribution in [2.75, 3.05) is 0 Å². The molecule has 0 radical (unpaired) electrons. The van der Waals surface area contributed by atoms with E-state index in [-0.39, 0.29) is 5.75 Å². The van der Waals surface area contributed by atoms with Gasteiger partial charge in [0.2, 0.25) is 0 Å². The summed E-state index contributed by atoms with van der Waals surface area (Å²) in [6.45, 7) is 1.89. The van der Waals surface area contributed by atoms with Crippen LogP contribution in [0, 0.1) is 6.92 Å². The molecule has 80 valence electrons. The molecule has 0 amide bonds. The topological polar surface area (TPSA) is 45.0 Å². The van der Waals surface area contributed by atoms with Crippen LogP contribution in [0.3, 0.4) is 0 Å². The van der Waals surface area contributed by atoms with Crippen LogP contribution in [-0.2, 0) is 0 Å². The third-order valence-corrected chi connectivity index (χ3v) is 2.21. The molecule has 0 fully saturated rings. The molecule has 0 unspecified atom stereocenters. The lowest BCUT2D eigenvalue weighted by atomic mass is 10.2. The third-order valence-electron chi connectivity index (χ3n) is 2.21. The van der Waals surface area contributed by atoms with Crippen molar-refractivity contribution < 1.29 is 5.11 Å². The maximum atomic E-state index is 9.25. The average molecular weight is 212 g/mol. The van der Waals surface area contributed by atoms with E-state index in [1.165, 1.54) is 0 Å². The molecule has 0 bridgehead atoms. The number of aromatic hydroxyl groups is 1. The summed E-state index contributed by atoms with van der Waals surface area (Å²) in [5.74, 6) is 0.246. The fourth-order valence-electron chi connectivity index (χ4n) is 1.36. The van der Waals surface area contributed by atoms with Crippen molar-refractivity contribution in [2.24, 2.45) is 10.2 Å². The predicted molar refractivity (Wildman–Crippen MR) is 63.5 cm³/mol. The number of hydrogen-bond donors (Lipinski definition) is 1. The van der Waals surface area contributed by atoms with Crippen molar-refractivity contribution in [3.63, 3.8) is 0 Å². The Morgan fingerprint density at radius 1 is 0.938 bits per heavy atom. The Hall–Kier alpha value is -2.16. The van der Waals surface area contributed by atoms with Gasteiger partial charge in [-0.05, 0) is 42.8 Å². The third kappa shape index (κ3) is 2.45. The van der Waals surface area contributed by atoms with Crippen molar-refractivity contribution in [1.82, 2.24) is 0 Å². The molecule has 0 saturated carbocycles. The van der Waals surface area contributed by atoms with Crippen LogP contribution in [0.1, 0.15) is 5.56 Å². The summed E-state index contributed by atoms with van der Waals surface area (Å²) < 4.78 is 0. The predicted octanol–water partition coefficient (Wildman–Crippen LogP) is 4.12. The number of hydrogen-bond acceptors (Lipinski definition) is 3. The lowest BCUT2D eigenvalue weighted by Crippen LogP contribution is -1.73. The number of aryl methyl sites for hydroxylation is 1. The van der Waals surface area contributed by atoms with Crippen LogP contribution in [-0.4, -0.2) is 5.11 Å². The molecule has 2 aromatic rings. The van der Waals surface area contributed by atoms with Crippen molar-refractivity contribution in [2.45, 2.75) is 6.92 Å². The van der Waals surface area contributed by atoms with Gasteiger partial charge in [-0.15, -0.1) is 0 Å². The van der Waals surface area contributed by atoms with Gasteiger partial charge in [0.1, 0.15) is 5.75 Å². The molecule has 0 spiro atoms. The molecule has 0 aliphatic heterocycles. The Bertz CT molecular complexity index is 507. The summed E-state index contributed by atoms with van der Waals surface area (Å²) in [4.78, 5) is 0. The number of azo groups is 1. The van der Waals surface area contributed by atoms with Crippen LogP contribution in [0.4, 0.5) is 11.4 Å². The molecule has 0 heterocycles. The maximum absolute atomic E-state index is 9.25. The molecular weight excluding hydrogens is 200 g/mol. The minimum absolute atomic E-state index is 0.246. The largest absolute Gasteiger partial charge is 0.508 e. The second kappa shape index (κ2) is 4.57. The van der Waals surface area contributed by atoms with Crippen LogP contribution in [0.5, 0.6) is 5.75 Å². The number of phenols is 1. The minimum atomic E-state index is 0.246. The second-order valence-electron chi connectivity index (χ2n) is 3.51. The van der Waals surface area contributed by atoms with Crippen molar-refractivity contribution >= 4 is 11.4 Å². The van der Waals surface area contributed by atoms with Gasteiger partial charge < -0.3 is 5.11 Å². The number of benzene rings is 2. The highest BCUT2D eigenvalue weighted by Gasteiger charge is 1.97. The van der Waals surface area contributed by atoms with Crippen LogP contribution in [0.15, 0.2) is 58.8 Å². The molecule has 0 aliphatic rings. The SMILES string of the molecule is Cc1cc(O)ccc1N=Nc1ccccc1. The molecule has 0 aliphatic carbocycles. The van der Waals surface area contributed by atoms with Gasteiger partial charge in [0, 0.05) is 0 Å². The van der Waals surface area contributed by atoms with Gasteiger partial charge in [0.05, 0.1) is 11.4 Å². The van der Waals surface area contributed by atoms with Crippen LogP contribution in [0.25, 0.3) is 0 Å². The van der Waals surface area contributed by atoms with Crippen LogP contribution >= 0.6 is 0 Å². The van der Waals surface area contributed by atoms with Crippen molar-refractivity contribution in [3.05, 3.63) is 54.1 Å². The Morgan fingerprint density at radius 3 is 2.38 bits per heavy atom. The standard InChI is InChI=1S/C13H12N2O/c1-10-9-12(16)7-8-13(10)15-14-11-5-3-2-4-6-11/h2-9,16H,1H3. The Balaban J connectivity index is 2.24. The normalized spacial score (nSPS) is 10.8. The molecule has 1 N–H and O–H groups in total. The lowest BCUT2D eigenvalue weighted by molar-refractivity contribution is 0.475. The first-order valence-corrected chi connectivity index (χ1v) is 5.02. The summed E-state index contributed by atoms with van der Waals surface area (Å²) in [6.07, 6.45) is 0. The summed E-state index contributed by atoms with van der Waals surface area (Å²) >= 11 is 0. The van der Waals surface area contributed by atoms with E-state index in [4.69, 9.17) is 0 Å². The van der Waals surface area contributed by atoms with Gasteiger partial charge in [-0.1, -0.05) is 18.2 Å². The molecule has 0 atom stereocenters. The average Bonchev–Trinajstić information content (AvgIpc) is 2.29. The highest BCUT2D eigenvalue weighted by atomic mass is 16.3. The van der Waals surface area contributed by atoms with Gasteiger partial charge in [0.15, 0.2) is 0 Å². The fraction of sp³-hybridized carbons (Fsp3) is 0.0769. The lowest BCUT2D eigenvalue weighted by Gasteiger charge is -1.99. The van der Waals surface area contributed by atoms with Gasteiger partial charge in [-0.2, -0.15) is 10.2 Å². The maximum Gasteiger partial charge on any atom is 0.115 e. The van der Waals surface area contributed by atoms with Crippen LogP contribution in [0.2, 0.25) is 0 Å². The first kappa shape index (κ1) is 10.4. The van der Waals surface area contributed by atoms with Gasteiger partial charge in [0.25, 0.3) is 0 Å². The Kier molecular flexibility index (Phi) is 2.96. The number of rotatable bonds is 2. The molecule has 16 heavy (non-hydrogen) atoms. The van der Waals surface area contributed by atoms with E-state index in [0.29, 0.717) is 0 Å². The van der Waals surface area contributed by atoms with Gasteiger partial charge in [-0.25, -0.2) is 0 Å². The van der Waals surface area contributed by atoms with Crippen LogP contribution < -0.4 is 0 Å². The van der Waals surface area contributed by atoms with Gasteiger partial charge >= 0.3 is 0 Å². The first-order chi connectivity index (χ1) is 7.75. The van der Waals surface area contributed by atoms with E-state index in [2.05, 4.69) is 10.2 Å². The smallest absolute Gasteiger partial charge is 0.115 e. The summed E-state index contributed by atoms with van der Waals surface area (Å²) in [5.41, 5.74) is 2.48. The second-order valence-corrected chi connectivity index (χ2v) is 3.51. The zero-order valence-corrected chi connectivity index (χ0v) is 8.96. The Labute approximate surface area is 94.1 Å². The van der Waals surface area contributed by atoms with E-state index >= 15 is 0 Å². The molecule has 0 aromatic heterocycles. The molecular formula is C13H12N2O. The molecule has 3 nitrogen and oxygen atoms in total. The summed E-state index contributed by atoms with van der Waals surface area (Å²) in [6, 6.07) is 14.6. The quantitative estimate of drug-likeness (QED) is 0.748. The fourth-order valence-corrected chi connectivity index (χ4v) is 1.36. The molecule has 2 rings (SSSR count). The zero-order valence-electron chi connectivity index (χ0n) is 8.96. The molecule has 3 heteroatoms. The molecule has 0 saturated heterocycles. The van der Waals surface area contributed by atoms with E-state index < -0.39 is 0 Å². The van der Waals surface area contributed by atoms with E-state index in [1.54, 1.807) is 18.2 Å². The number of phenolic OH excluding ortho intramolecular Hbond substituents is 1. The zero-order chi connectivity index (χ0) is 11.4. The van der Waals surface area contributed by atoms with Crippen molar-refractivity contribution in [1.29, 1.82) is 0 Å². The highest BCUT2D eigenvalue weighted by molar-refractivity contribution is 5.49. The molecule has 2 aromatic carbocycles. The van der Waals surface area contributed by atoms with E-state index in [0.717, 1.165) is 16.9 Å². The minimum Gasteiger partial charge on any atom is -0.508 e.